The third kappa shape index (κ3) is 3.10. The Bertz CT molecular complexity index is 1070. The minimum Gasteiger partial charge on any atom is -0.377 e. The number of hydrogen-bond donors (Lipinski definition) is 0. The predicted octanol–water partition coefficient (Wildman–Crippen LogP) is 3.67. The van der Waals surface area contributed by atoms with Crippen molar-refractivity contribution in [1.82, 2.24) is 3.96 Å². The van der Waals surface area contributed by atoms with Crippen molar-refractivity contribution in [2.75, 3.05) is 0 Å². The molecule has 0 aliphatic rings. The third-order valence-corrected chi connectivity index (χ3v) is 5.75. The zero-order valence-corrected chi connectivity index (χ0v) is 14.8. The second-order valence-electron chi connectivity index (χ2n) is 4.67. The van der Waals surface area contributed by atoms with Crippen LogP contribution >= 0.6 is 34.7 Å². The second-order valence-corrected chi connectivity index (χ2v) is 8.16. The van der Waals surface area contributed by atoms with Crippen LogP contribution in [-0.4, -0.2) is 12.4 Å². The van der Waals surface area contributed by atoms with Crippen LogP contribution in [0.3, 0.4) is 0 Å². The molecule has 23 heavy (non-hydrogen) atoms. The van der Waals surface area contributed by atoms with Crippen molar-refractivity contribution in [2.24, 2.45) is 7.05 Å². The summed E-state index contributed by atoms with van der Waals surface area (Å²) in [5, 5.41) is 0.765. The topological polar surface area (TPSA) is 65.4 Å². The van der Waals surface area contributed by atoms with E-state index in [4.69, 9.17) is 27.4 Å². The first-order valence-electron chi connectivity index (χ1n) is 6.27. The molecule has 1 heterocycles. The van der Waals surface area contributed by atoms with Crippen molar-refractivity contribution < 1.29 is 12.6 Å². The highest BCUT2D eigenvalue weighted by Gasteiger charge is 2.20. The maximum Gasteiger partial charge on any atom is 0.339 e. The standard InChI is InChI=1S/C14H9Cl2NO4S2/c1-17-12-4-3-9(7-10(12)14(18)22-17)23(19,20)21-13-5-2-8(15)6-11(13)16/h2-7H,1H3. The second kappa shape index (κ2) is 5.83. The van der Waals surface area contributed by atoms with Crippen LogP contribution in [0, 0.1) is 0 Å². The first-order chi connectivity index (χ1) is 10.8. The molecule has 0 N–H and O–H groups in total. The van der Waals surface area contributed by atoms with Gasteiger partial charge in [0.15, 0.2) is 5.75 Å². The largest absolute Gasteiger partial charge is 0.377 e. The van der Waals surface area contributed by atoms with Crippen LogP contribution in [-0.2, 0) is 17.2 Å². The zero-order chi connectivity index (χ0) is 16.8. The molecular weight excluding hydrogens is 381 g/mol. The van der Waals surface area contributed by atoms with Crippen LogP contribution in [0.2, 0.25) is 10.0 Å². The molecule has 0 radical (unpaired) electrons. The number of aromatic nitrogens is 1. The summed E-state index contributed by atoms with van der Waals surface area (Å²) in [6.07, 6.45) is 0. The zero-order valence-electron chi connectivity index (χ0n) is 11.6. The van der Waals surface area contributed by atoms with Crippen molar-refractivity contribution in [1.29, 1.82) is 0 Å². The van der Waals surface area contributed by atoms with Crippen LogP contribution in [0.4, 0.5) is 0 Å². The Morgan fingerprint density at radius 2 is 1.87 bits per heavy atom. The molecular formula is C14H9Cl2NO4S2. The van der Waals surface area contributed by atoms with Gasteiger partial charge in [-0.05, 0) is 47.9 Å². The van der Waals surface area contributed by atoms with Gasteiger partial charge in [0.1, 0.15) is 4.90 Å². The number of fused-ring (bicyclic) bond motifs is 1. The molecule has 9 heteroatoms. The average Bonchev–Trinajstić information content (AvgIpc) is 2.77. The lowest BCUT2D eigenvalue weighted by Crippen LogP contribution is -2.10. The molecule has 1 aromatic heterocycles. The molecule has 0 aliphatic carbocycles. The van der Waals surface area contributed by atoms with Crippen molar-refractivity contribution in [3.05, 3.63) is 56.0 Å². The maximum atomic E-state index is 12.4. The third-order valence-electron chi connectivity index (χ3n) is 3.13. The van der Waals surface area contributed by atoms with Gasteiger partial charge in [-0.3, -0.25) is 8.75 Å². The summed E-state index contributed by atoms with van der Waals surface area (Å²) in [5.41, 5.74) is 0.656. The fraction of sp³-hybridized carbons (Fsp3) is 0.0714. The van der Waals surface area contributed by atoms with Gasteiger partial charge in [0.25, 0.3) is 4.74 Å². The molecule has 3 aromatic rings. The van der Waals surface area contributed by atoms with Crippen molar-refractivity contribution in [3.8, 4) is 5.75 Å². The van der Waals surface area contributed by atoms with E-state index in [2.05, 4.69) is 0 Å². The van der Waals surface area contributed by atoms with Crippen molar-refractivity contribution in [3.63, 3.8) is 0 Å². The fourth-order valence-corrected chi connectivity index (χ4v) is 4.28. The van der Waals surface area contributed by atoms with E-state index in [0.29, 0.717) is 15.9 Å². The fourth-order valence-electron chi connectivity index (χ4n) is 2.04. The molecule has 0 aliphatic heterocycles. The number of rotatable bonds is 3. The van der Waals surface area contributed by atoms with Gasteiger partial charge in [-0.1, -0.05) is 23.2 Å². The quantitative estimate of drug-likeness (QED) is 0.640. The van der Waals surface area contributed by atoms with Gasteiger partial charge in [-0.2, -0.15) is 8.42 Å². The van der Waals surface area contributed by atoms with Gasteiger partial charge in [-0.15, -0.1) is 0 Å². The lowest BCUT2D eigenvalue weighted by atomic mass is 10.2. The number of aryl methyl sites for hydroxylation is 1. The van der Waals surface area contributed by atoms with E-state index in [1.807, 2.05) is 0 Å². The first kappa shape index (κ1) is 16.3. The van der Waals surface area contributed by atoms with Crippen LogP contribution < -0.4 is 8.93 Å². The minimum atomic E-state index is -4.12. The van der Waals surface area contributed by atoms with E-state index in [9.17, 15) is 13.2 Å². The molecule has 0 saturated heterocycles. The van der Waals surface area contributed by atoms with Crippen LogP contribution in [0.5, 0.6) is 5.75 Å². The molecule has 3 rings (SSSR count). The minimum absolute atomic E-state index is 0.0330. The molecule has 120 valence electrons. The van der Waals surface area contributed by atoms with E-state index < -0.39 is 10.1 Å². The molecule has 0 saturated carbocycles. The SMILES string of the molecule is Cn1sc(=O)c2cc(S(=O)(=O)Oc3ccc(Cl)cc3Cl)ccc21. The summed E-state index contributed by atoms with van der Waals surface area (Å²) < 4.78 is 31.3. The summed E-state index contributed by atoms with van der Waals surface area (Å²) in [7, 11) is -2.39. The summed E-state index contributed by atoms with van der Waals surface area (Å²) in [4.78, 5) is 11.7. The van der Waals surface area contributed by atoms with Gasteiger partial charge in [-0.25, -0.2) is 0 Å². The molecule has 2 aromatic carbocycles. The molecule has 0 atom stereocenters. The average molecular weight is 390 g/mol. The predicted molar refractivity (Wildman–Crippen MR) is 91.3 cm³/mol. The molecule has 5 nitrogen and oxygen atoms in total. The molecule has 0 spiro atoms. The van der Waals surface area contributed by atoms with E-state index in [-0.39, 0.29) is 20.4 Å². The van der Waals surface area contributed by atoms with E-state index in [0.717, 1.165) is 11.5 Å². The Balaban J connectivity index is 2.05. The molecule has 0 unspecified atom stereocenters. The van der Waals surface area contributed by atoms with Gasteiger partial charge in [0, 0.05) is 12.1 Å². The van der Waals surface area contributed by atoms with Crippen LogP contribution in [0.1, 0.15) is 0 Å². The van der Waals surface area contributed by atoms with Crippen LogP contribution in [0.25, 0.3) is 10.9 Å². The highest BCUT2D eigenvalue weighted by Crippen LogP contribution is 2.30. The summed E-state index contributed by atoms with van der Waals surface area (Å²) in [6.45, 7) is 0. The lowest BCUT2D eigenvalue weighted by molar-refractivity contribution is 0.486. The van der Waals surface area contributed by atoms with Gasteiger partial charge in [0.05, 0.1) is 15.9 Å². The summed E-state index contributed by atoms with van der Waals surface area (Å²) in [5.74, 6) is -0.0330. The van der Waals surface area contributed by atoms with Gasteiger partial charge < -0.3 is 4.18 Å². The first-order valence-corrected chi connectivity index (χ1v) is 9.21. The lowest BCUT2D eigenvalue weighted by Gasteiger charge is -2.09. The van der Waals surface area contributed by atoms with Crippen molar-refractivity contribution in [2.45, 2.75) is 4.90 Å². The highest BCUT2D eigenvalue weighted by atomic mass is 35.5. The summed E-state index contributed by atoms with van der Waals surface area (Å²) >= 11 is 12.7. The van der Waals surface area contributed by atoms with E-state index in [1.54, 1.807) is 17.1 Å². The number of nitrogens with zero attached hydrogens (tertiary/aromatic N) is 1. The Hall–Kier alpha value is -1.54. The Labute approximate surface area is 145 Å². The number of hydrogen-bond acceptors (Lipinski definition) is 5. The Morgan fingerprint density at radius 3 is 2.57 bits per heavy atom. The number of benzene rings is 2. The Morgan fingerprint density at radius 1 is 1.13 bits per heavy atom. The normalized spacial score (nSPS) is 11.8. The molecule has 0 fully saturated rings. The van der Waals surface area contributed by atoms with Crippen molar-refractivity contribution >= 4 is 55.8 Å². The maximum absolute atomic E-state index is 12.4. The smallest absolute Gasteiger partial charge is 0.339 e. The Kier molecular flexibility index (Phi) is 4.14. The van der Waals surface area contributed by atoms with E-state index >= 15 is 0 Å². The monoisotopic (exact) mass is 389 g/mol. The summed E-state index contributed by atoms with van der Waals surface area (Å²) in [6, 6.07) is 8.46. The highest BCUT2D eigenvalue weighted by molar-refractivity contribution is 7.87. The number of halogens is 2. The molecule has 0 bridgehead atoms. The molecule has 0 amide bonds. The van der Waals surface area contributed by atoms with Gasteiger partial charge >= 0.3 is 10.1 Å². The van der Waals surface area contributed by atoms with Gasteiger partial charge in [0.2, 0.25) is 0 Å². The van der Waals surface area contributed by atoms with E-state index in [1.165, 1.54) is 30.3 Å². The van der Waals surface area contributed by atoms with Crippen LogP contribution in [0.15, 0.2) is 46.1 Å².